The Labute approximate surface area is 157 Å². The average molecular weight is 351 g/mol. The summed E-state index contributed by atoms with van der Waals surface area (Å²) in [4.78, 5) is 16.6. The predicted molar refractivity (Wildman–Crippen MR) is 109 cm³/mol. The van der Waals surface area contributed by atoms with Crippen LogP contribution in [0.15, 0.2) is 42.5 Å². The van der Waals surface area contributed by atoms with Crippen molar-refractivity contribution >= 4 is 11.6 Å². The van der Waals surface area contributed by atoms with E-state index in [0.717, 1.165) is 24.9 Å². The third-order valence-corrected chi connectivity index (χ3v) is 5.38. The van der Waals surface area contributed by atoms with Gasteiger partial charge in [0.25, 0.3) is 0 Å². The molecule has 3 heteroatoms. The second kappa shape index (κ2) is 8.39. The molecule has 0 atom stereocenters. The van der Waals surface area contributed by atoms with E-state index in [1.54, 1.807) is 0 Å². The summed E-state index contributed by atoms with van der Waals surface area (Å²) in [7, 11) is 6.03. The highest BCUT2D eigenvalue weighted by Gasteiger charge is 2.14. The van der Waals surface area contributed by atoms with E-state index in [4.69, 9.17) is 0 Å². The molecule has 0 spiro atoms. The fourth-order valence-corrected chi connectivity index (χ4v) is 3.78. The van der Waals surface area contributed by atoms with Gasteiger partial charge in [0.2, 0.25) is 5.91 Å². The van der Waals surface area contributed by atoms with Crippen LogP contribution in [-0.4, -0.2) is 38.5 Å². The lowest BCUT2D eigenvalue weighted by molar-refractivity contribution is -0.129. The molecule has 26 heavy (non-hydrogen) atoms. The Balaban J connectivity index is 1.58. The zero-order chi connectivity index (χ0) is 18.5. The van der Waals surface area contributed by atoms with Gasteiger partial charge in [-0.25, -0.2) is 0 Å². The maximum atomic E-state index is 12.6. The van der Waals surface area contributed by atoms with E-state index >= 15 is 0 Å². The van der Waals surface area contributed by atoms with Crippen LogP contribution in [0, 0.1) is 0 Å². The van der Waals surface area contributed by atoms with Gasteiger partial charge in [0.15, 0.2) is 0 Å². The lowest BCUT2D eigenvalue weighted by Gasteiger charge is -2.21. The highest BCUT2D eigenvalue weighted by atomic mass is 16.2. The van der Waals surface area contributed by atoms with E-state index < -0.39 is 0 Å². The average Bonchev–Trinajstić information content (AvgIpc) is 2.66. The molecule has 0 N–H and O–H groups in total. The van der Waals surface area contributed by atoms with Gasteiger partial charge in [0, 0.05) is 33.4 Å². The van der Waals surface area contributed by atoms with Crippen molar-refractivity contribution in [3.05, 3.63) is 64.7 Å². The molecule has 1 aliphatic rings. The molecule has 0 saturated carbocycles. The van der Waals surface area contributed by atoms with Gasteiger partial charge in [-0.1, -0.05) is 36.4 Å². The van der Waals surface area contributed by atoms with Crippen molar-refractivity contribution in [1.82, 2.24) is 4.90 Å². The largest absolute Gasteiger partial charge is 0.377 e. The molecular weight excluding hydrogens is 320 g/mol. The quantitative estimate of drug-likeness (QED) is 0.789. The highest BCUT2D eigenvalue weighted by molar-refractivity contribution is 5.78. The molecule has 0 unspecified atom stereocenters. The maximum absolute atomic E-state index is 12.6. The van der Waals surface area contributed by atoms with E-state index in [9.17, 15) is 4.79 Å². The smallest absolute Gasteiger partial charge is 0.226 e. The molecule has 0 heterocycles. The number of anilines is 1. The minimum Gasteiger partial charge on any atom is -0.377 e. The van der Waals surface area contributed by atoms with E-state index in [-0.39, 0.29) is 5.91 Å². The Morgan fingerprint density at radius 3 is 2.46 bits per heavy atom. The molecule has 138 valence electrons. The number of amides is 1. The number of likely N-dealkylation sites (N-methyl/N-ethyl adjacent to an activating group) is 1. The molecule has 0 aromatic heterocycles. The van der Waals surface area contributed by atoms with Crippen molar-refractivity contribution < 1.29 is 4.79 Å². The zero-order valence-corrected chi connectivity index (χ0v) is 16.3. The van der Waals surface area contributed by atoms with Crippen LogP contribution >= 0.6 is 0 Å². The number of benzene rings is 2. The van der Waals surface area contributed by atoms with Crippen molar-refractivity contribution in [3.8, 4) is 0 Å². The normalized spacial score (nSPS) is 13.2. The topological polar surface area (TPSA) is 23.6 Å². The van der Waals surface area contributed by atoms with Gasteiger partial charge in [-0.15, -0.1) is 0 Å². The monoisotopic (exact) mass is 350 g/mol. The van der Waals surface area contributed by atoms with Crippen LogP contribution in [0.25, 0.3) is 0 Å². The van der Waals surface area contributed by atoms with Gasteiger partial charge in [-0.05, 0) is 60.4 Å². The molecule has 1 aliphatic carbocycles. The fourth-order valence-electron chi connectivity index (χ4n) is 3.78. The van der Waals surface area contributed by atoms with Crippen LogP contribution in [0.1, 0.15) is 35.1 Å². The van der Waals surface area contributed by atoms with Gasteiger partial charge in [0.1, 0.15) is 0 Å². The Bertz CT molecular complexity index is 767. The maximum Gasteiger partial charge on any atom is 0.226 e. The first-order valence-electron chi connectivity index (χ1n) is 9.64. The number of hydrogen-bond donors (Lipinski definition) is 0. The summed E-state index contributed by atoms with van der Waals surface area (Å²) in [5.74, 6) is 0.197. The van der Waals surface area contributed by atoms with Crippen molar-refractivity contribution in [1.29, 1.82) is 0 Å². The first-order chi connectivity index (χ1) is 12.5. The Morgan fingerprint density at radius 2 is 1.69 bits per heavy atom. The van der Waals surface area contributed by atoms with Crippen molar-refractivity contribution in [2.24, 2.45) is 0 Å². The van der Waals surface area contributed by atoms with Crippen LogP contribution in [0.4, 0.5) is 5.69 Å². The lowest BCUT2D eigenvalue weighted by Crippen LogP contribution is -2.30. The molecule has 3 rings (SSSR count). The molecule has 0 saturated heterocycles. The molecule has 0 fully saturated rings. The summed E-state index contributed by atoms with van der Waals surface area (Å²) < 4.78 is 0. The molecule has 2 aromatic carbocycles. The van der Waals surface area contributed by atoms with E-state index in [1.807, 2.05) is 11.9 Å². The van der Waals surface area contributed by atoms with Crippen LogP contribution in [-0.2, 0) is 30.5 Å². The van der Waals surface area contributed by atoms with Crippen molar-refractivity contribution in [3.63, 3.8) is 0 Å². The number of nitrogens with zero attached hydrogens (tertiary/aromatic N) is 2. The fraction of sp³-hybridized carbons (Fsp3) is 0.435. The summed E-state index contributed by atoms with van der Waals surface area (Å²) >= 11 is 0. The summed E-state index contributed by atoms with van der Waals surface area (Å²) in [6, 6.07) is 15.0. The predicted octanol–water partition coefficient (Wildman–Crippen LogP) is 3.88. The summed E-state index contributed by atoms with van der Waals surface area (Å²) in [6.45, 7) is 0.745. The van der Waals surface area contributed by atoms with Crippen LogP contribution < -0.4 is 4.90 Å². The summed E-state index contributed by atoms with van der Waals surface area (Å²) in [5, 5.41) is 0. The molecule has 2 aromatic rings. The van der Waals surface area contributed by atoms with Crippen LogP contribution in [0.5, 0.6) is 0 Å². The first kappa shape index (κ1) is 18.5. The number of carbonyl (C=O) groups excluding carboxylic acids is 1. The standard InChI is InChI=1S/C23H30N2O/c1-24(2)22-11-7-6-9-20(22)14-15-25(3)23(26)17-18-12-13-19-8-4-5-10-21(19)16-18/h6-7,9,11-13,16H,4-5,8,10,14-15,17H2,1-3H3. The number of aryl methyl sites for hydroxylation is 2. The van der Waals surface area contributed by atoms with Gasteiger partial charge in [0.05, 0.1) is 6.42 Å². The lowest BCUT2D eigenvalue weighted by atomic mass is 9.90. The van der Waals surface area contributed by atoms with Crippen LogP contribution in [0.3, 0.4) is 0 Å². The minimum atomic E-state index is 0.197. The number of carbonyl (C=O) groups is 1. The number of rotatable bonds is 6. The number of fused-ring (bicyclic) bond motifs is 1. The van der Waals surface area contributed by atoms with E-state index in [1.165, 1.54) is 41.6 Å². The van der Waals surface area contributed by atoms with Crippen LogP contribution in [0.2, 0.25) is 0 Å². The number of para-hydroxylation sites is 1. The minimum absolute atomic E-state index is 0.197. The second-order valence-corrected chi connectivity index (χ2v) is 7.58. The van der Waals surface area contributed by atoms with Crippen molar-refractivity contribution in [2.45, 2.75) is 38.5 Å². The first-order valence-corrected chi connectivity index (χ1v) is 9.64. The van der Waals surface area contributed by atoms with Gasteiger partial charge in [-0.2, -0.15) is 0 Å². The van der Waals surface area contributed by atoms with Gasteiger partial charge in [-0.3, -0.25) is 4.79 Å². The SMILES string of the molecule is CN(CCc1ccccc1N(C)C)C(=O)Cc1ccc2c(c1)CCCC2. The molecule has 0 aliphatic heterocycles. The van der Waals surface area contributed by atoms with Crippen molar-refractivity contribution in [2.75, 3.05) is 32.6 Å². The molecule has 1 amide bonds. The third kappa shape index (κ3) is 4.46. The van der Waals surface area contributed by atoms with Gasteiger partial charge < -0.3 is 9.80 Å². The Kier molecular flexibility index (Phi) is 5.97. The third-order valence-electron chi connectivity index (χ3n) is 5.38. The number of hydrogen-bond acceptors (Lipinski definition) is 2. The molecule has 0 radical (unpaired) electrons. The highest BCUT2D eigenvalue weighted by Crippen LogP contribution is 2.23. The molecular formula is C23H30N2O. The molecule has 0 bridgehead atoms. The molecule has 3 nitrogen and oxygen atoms in total. The van der Waals surface area contributed by atoms with Gasteiger partial charge >= 0.3 is 0 Å². The summed E-state index contributed by atoms with van der Waals surface area (Å²) in [6.07, 6.45) is 6.29. The van der Waals surface area contributed by atoms with E-state index in [2.05, 4.69) is 61.5 Å². The Hall–Kier alpha value is -2.29. The van der Waals surface area contributed by atoms with E-state index in [0.29, 0.717) is 6.42 Å². The zero-order valence-electron chi connectivity index (χ0n) is 16.3. The second-order valence-electron chi connectivity index (χ2n) is 7.58. The Morgan fingerprint density at radius 1 is 0.962 bits per heavy atom. The summed E-state index contributed by atoms with van der Waals surface area (Å²) in [5.41, 5.74) is 6.58.